The largest absolute Gasteiger partial charge is 0.457 e. The number of nitrogens with one attached hydrogen (secondary N) is 1. The molecule has 0 unspecified atom stereocenters. The third-order valence-electron chi connectivity index (χ3n) is 4.33. The van der Waals surface area contributed by atoms with Gasteiger partial charge in [-0.3, -0.25) is 0 Å². The summed E-state index contributed by atoms with van der Waals surface area (Å²) in [4.78, 5) is 13.0. The molecular formula is C19H16BrN5O2. The van der Waals surface area contributed by atoms with E-state index in [-0.39, 0.29) is 6.61 Å². The number of allylic oxidation sites excluding steroid dienone is 1. The monoisotopic (exact) mass is 425 g/mol. The number of esters is 1. The van der Waals surface area contributed by atoms with E-state index in [1.165, 1.54) is 0 Å². The molecule has 0 spiro atoms. The molecule has 0 amide bonds. The van der Waals surface area contributed by atoms with Crippen LogP contribution in [0.25, 0.3) is 0 Å². The molecule has 136 valence electrons. The van der Waals surface area contributed by atoms with Gasteiger partial charge in [-0.1, -0.05) is 63.5 Å². The van der Waals surface area contributed by atoms with Crippen molar-refractivity contribution in [1.29, 1.82) is 0 Å². The Balaban J connectivity index is 1.67. The molecule has 0 aliphatic carbocycles. The van der Waals surface area contributed by atoms with Gasteiger partial charge in [0.15, 0.2) is 0 Å². The molecule has 27 heavy (non-hydrogen) atoms. The molecule has 1 aliphatic heterocycles. The molecule has 4 rings (SSSR count). The molecule has 1 N–H and O–H groups in total. The van der Waals surface area contributed by atoms with Gasteiger partial charge in [0.1, 0.15) is 12.6 Å². The molecule has 1 aliphatic rings. The van der Waals surface area contributed by atoms with E-state index in [0.717, 1.165) is 15.6 Å². The Kier molecular flexibility index (Phi) is 4.72. The summed E-state index contributed by atoms with van der Waals surface area (Å²) in [6.45, 7) is 2.02. The summed E-state index contributed by atoms with van der Waals surface area (Å²) in [5.74, 6) is 0.0814. The summed E-state index contributed by atoms with van der Waals surface area (Å²) in [7, 11) is 0. The van der Waals surface area contributed by atoms with Gasteiger partial charge in [0.2, 0.25) is 5.95 Å². The number of carbonyl (C=O) groups excluding carboxylic acids is 1. The highest BCUT2D eigenvalue weighted by atomic mass is 79.9. The van der Waals surface area contributed by atoms with E-state index in [9.17, 15) is 4.79 Å². The van der Waals surface area contributed by atoms with Gasteiger partial charge in [0.25, 0.3) is 0 Å². The van der Waals surface area contributed by atoms with Crippen molar-refractivity contribution >= 4 is 27.8 Å². The molecule has 0 bridgehead atoms. The number of hydrogen-bond donors (Lipinski definition) is 1. The number of rotatable bonds is 4. The van der Waals surface area contributed by atoms with Gasteiger partial charge in [-0.05, 0) is 40.6 Å². The van der Waals surface area contributed by atoms with Crippen molar-refractivity contribution in [2.45, 2.75) is 19.6 Å². The molecule has 0 radical (unpaired) electrons. The second kappa shape index (κ2) is 7.32. The smallest absolute Gasteiger partial charge is 0.338 e. The van der Waals surface area contributed by atoms with E-state index in [1.54, 1.807) is 4.68 Å². The highest BCUT2D eigenvalue weighted by molar-refractivity contribution is 9.10. The first kappa shape index (κ1) is 17.4. The first-order valence-electron chi connectivity index (χ1n) is 8.35. The SMILES string of the molecule is CC1=C(C(=O)OCc2ccccc2)[C@@H](c2ccc(Br)cc2)n2nnnc2N1. The second-order valence-corrected chi connectivity index (χ2v) is 7.04. The number of nitrogens with zero attached hydrogens (tertiary/aromatic N) is 4. The lowest BCUT2D eigenvalue weighted by Crippen LogP contribution is -2.29. The standard InChI is InChI=1S/C19H16BrN5O2/c1-12-16(18(26)27-11-13-5-3-2-4-6-13)17(14-7-9-15(20)10-8-14)25-19(21-12)22-23-24-25/h2-10,17H,11H2,1H3,(H,21,22,24)/t17-/m1/s1. The maximum Gasteiger partial charge on any atom is 0.338 e. The van der Waals surface area contributed by atoms with E-state index >= 15 is 0 Å². The summed E-state index contributed by atoms with van der Waals surface area (Å²) >= 11 is 3.44. The maximum atomic E-state index is 13.0. The zero-order valence-electron chi connectivity index (χ0n) is 14.5. The van der Waals surface area contributed by atoms with Gasteiger partial charge in [-0.2, -0.15) is 4.68 Å². The van der Waals surface area contributed by atoms with Gasteiger partial charge < -0.3 is 10.1 Å². The van der Waals surface area contributed by atoms with Crippen LogP contribution >= 0.6 is 15.9 Å². The molecule has 7 nitrogen and oxygen atoms in total. The zero-order valence-corrected chi connectivity index (χ0v) is 16.0. The Morgan fingerprint density at radius 3 is 2.67 bits per heavy atom. The molecule has 3 aromatic rings. The minimum Gasteiger partial charge on any atom is -0.457 e. The van der Waals surface area contributed by atoms with Crippen molar-refractivity contribution < 1.29 is 9.53 Å². The highest BCUT2D eigenvalue weighted by Crippen LogP contribution is 2.35. The fraction of sp³-hybridized carbons (Fsp3) is 0.158. The zero-order chi connectivity index (χ0) is 18.8. The molecule has 1 aromatic heterocycles. The Labute approximate surface area is 164 Å². The van der Waals surface area contributed by atoms with Crippen LogP contribution in [0.1, 0.15) is 24.1 Å². The number of ether oxygens (including phenoxy) is 1. The van der Waals surface area contributed by atoms with Crippen LogP contribution in [0.15, 0.2) is 70.3 Å². The Bertz CT molecular complexity index is 998. The summed E-state index contributed by atoms with van der Waals surface area (Å²) < 4.78 is 8.12. The molecule has 0 fully saturated rings. The first-order valence-corrected chi connectivity index (χ1v) is 9.15. The molecule has 1 atom stereocenters. The number of carbonyl (C=O) groups is 1. The molecule has 2 heterocycles. The van der Waals surface area contributed by atoms with Gasteiger partial charge in [-0.25, -0.2) is 4.79 Å². The summed E-state index contributed by atoms with van der Waals surface area (Å²) in [5, 5.41) is 14.9. The van der Waals surface area contributed by atoms with Crippen molar-refractivity contribution in [3.8, 4) is 0 Å². The fourth-order valence-electron chi connectivity index (χ4n) is 3.03. The number of hydrogen-bond acceptors (Lipinski definition) is 6. The van der Waals surface area contributed by atoms with Gasteiger partial charge in [0.05, 0.1) is 5.57 Å². The topological polar surface area (TPSA) is 81.9 Å². The number of halogens is 1. The van der Waals surface area contributed by atoms with Gasteiger partial charge in [-0.15, -0.1) is 0 Å². The normalized spacial score (nSPS) is 15.9. The van der Waals surface area contributed by atoms with Crippen molar-refractivity contribution in [3.63, 3.8) is 0 Å². The maximum absolute atomic E-state index is 13.0. The second-order valence-electron chi connectivity index (χ2n) is 6.13. The number of benzene rings is 2. The predicted octanol–water partition coefficient (Wildman–Crippen LogP) is 3.47. The Hall–Kier alpha value is -3.00. The number of anilines is 1. The van der Waals surface area contributed by atoms with Crippen molar-refractivity contribution in [3.05, 3.63) is 81.5 Å². The molecule has 2 aromatic carbocycles. The van der Waals surface area contributed by atoms with E-state index in [0.29, 0.717) is 17.2 Å². The number of aromatic nitrogens is 4. The van der Waals surface area contributed by atoms with Crippen LogP contribution in [-0.2, 0) is 16.1 Å². The van der Waals surface area contributed by atoms with Crippen LogP contribution in [0.4, 0.5) is 5.95 Å². The van der Waals surface area contributed by atoms with Crippen molar-refractivity contribution in [2.75, 3.05) is 5.32 Å². The third-order valence-corrected chi connectivity index (χ3v) is 4.86. The van der Waals surface area contributed by atoms with Crippen LogP contribution in [0.3, 0.4) is 0 Å². The average molecular weight is 426 g/mol. The molecule has 0 saturated carbocycles. The average Bonchev–Trinajstić information content (AvgIpc) is 3.14. The van der Waals surface area contributed by atoms with E-state index in [1.807, 2.05) is 61.5 Å². The Morgan fingerprint density at radius 1 is 1.19 bits per heavy atom. The first-order chi connectivity index (χ1) is 13.1. The van der Waals surface area contributed by atoms with Crippen LogP contribution < -0.4 is 5.32 Å². The molecule has 0 saturated heterocycles. The Morgan fingerprint density at radius 2 is 1.93 bits per heavy atom. The summed E-state index contributed by atoms with van der Waals surface area (Å²) in [6, 6.07) is 16.8. The molecular weight excluding hydrogens is 410 g/mol. The predicted molar refractivity (Wildman–Crippen MR) is 103 cm³/mol. The van der Waals surface area contributed by atoms with E-state index in [2.05, 4.69) is 36.8 Å². The summed E-state index contributed by atoms with van der Waals surface area (Å²) in [6.07, 6.45) is 0. The lowest BCUT2D eigenvalue weighted by atomic mass is 9.96. The third kappa shape index (κ3) is 3.48. The van der Waals surface area contributed by atoms with Gasteiger partial charge in [0, 0.05) is 10.2 Å². The van der Waals surface area contributed by atoms with Crippen LogP contribution in [0.2, 0.25) is 0 Å². The van der Waals surface area contributed by atoms with Crippen molar-refractivity contribution in [2.24, 2.45) is 0 Å². The highest BCUT2D eigenvalue weighted by Gasteiger charge is 2.34. The number of fused-ring (bicyclic) bond motifs is 1. The quantitative estimate of drug-likeness (QED) is 0.644. The van der Waals surface area contributed by atoms with Crippen LogP contribution in [0, 0.1) is 0 Å². The van der Waals surface area contributed by atoms with Crippen LogP contribution in [0.5, 0.6) is 0 Å². The lowest BCUT2D eigenvalue weighted by molar-refractivity contribution is -0.140. The van der Waals surface area contributed by atoms with Crippen molar-refractivity contribution in [1.82, 2.24) is 20.2 Å². The summed E-state index contributed by atoms with van der Waals surface area (Å²) in [5.41, 5.74) is 2.96. The van der Waals surface area contributed by atoms with Crippen LogP contribution in [-0.4, -0.2) is 26.2 Å². The minimum absolute atomic E-state index is 0.200. The van der Waals surface area contributed by atoms with E-state index < -0.39 is 12.0 Å². The van der Waals surface area contributed by atoms with E-state index in [4.69, 9.17) is 4.74 Å². The fourth-order valence-corrected chi connectivity index (χ4v) is 3.30. The molecule has 8 heteroatoms. The number of tetrazole rings is 1. The minimum atomic E-state index is -0.465. The van der Waals surface area contributed by atoms with Gasteiger partial charge >= 0.3 is 5.97 Å². The lowest BCUT2D eigenvalue weighted by Gasteiger charge is -2.27.